The summed E-state index contributed by atoms with van der Waals surface area (Å²) in [5.41, 5.74) is 4.71. The molecule has 0 aliphatic carbocycles. The summed E-state index contributed by atoms with van der Waals surface area (Å²) >= 11 is 0. The number of nitrogens with zero attached hydrogens (tertiary/aromatic N) is 3. The van der Waals surface area contributed by atoms with Crippen molar-refractivity contribution >= 4 is 11.9 Å². The Labute approximate surface area is 189 Å². The lowest BCUT2D eigenvalue weighted by molar-refractivity contribution is 0.0773. The van der Waals surface area contributed by atoms with Crippen LogP contribution in [0.4, 0.5) is 0 Å². The van der Waals surface area contributed by atoms with E-state index in [1.807, 2.05) is 74.2 Å². The molecule has 0 atom stereocenters. The Morgan fingerprint density at radius 1 is 1.00 bits per heavy atom. The molecule has 0 fully saturated rings. The van der Waals surface area contributed by atoms with E-state index in [1.165, 1.54) is 5.56 Å². The van der Waals surface area contributed by atoms with Gasteiger partial charge in [0.05, 0.1) is 12.2 Å². The number of aliphatic imine (C=N–C) groups is 1. The van der Waals surface area contributed by atoms with Gasteiger partial charge in [-0.15, -0.1) is 0 Å². The minimum absolute atomic E-state index is 0.0598. The lowest BCUT2D eigenvalue weighted by Crippen LogP contribution is -2.36. The molecule has 0 saturated carbocycles. The van der Waals surface area contributed by atoms with E-state index in [2.05, 4.69) is 20.6 Å². The van der Waals surface area contributed by atoms with Gasteiger partial charge in [0.15, 0.2) is 5.96 Å². The van der Waals surface area contributed by atoms with Crippen molar-refractivity contribution in [2.45, 2.75) is 33.9 Å². The molecule has 3 rings (SSSR count). The van der Waals surface area contributed by atoms with E-state index in [-0.39, 0.29) is 5.91 Å². The molecule has 1 heterocycles. The van der Waals surface area contributed by atoms with E-state index in [1.54, 1.807) is 13.3 Å². The van der Waals surface area contributed by atoms with Gasteiger partial charge in [-0.05, 0) is 50.6 Å². The fourth-order valence-electron chi connectivity index (χ4n) is 3.26. The van der Waals surface area contributed by atoms with Crippen LogP contribution in [-0.2, 0) is 13.1 Å². The minimum atomic E-state index is 0.0598. The molecule has 3 aromatic rings. The Morgan fingerprint density at radius 3 is 2.28 bits per heavy atom. The number of guanidine groups is 1. The number of carbonyl (C=O) groups is 1. The fraction of sp³-hybridized carbons (Fsp3) is 0.320. The number of carbonyl (C=O) groups excluding carboxylic acids is 1. The van der Waals surface area contributed by atoms with Gasteiger partial charge in [-0.25, -0.2) is 4.98 Å². The molecular formula is C25H31N5O2. The number of rotatable bonds is 8. The molecule has 2 N–H and O–H groups in total. The number of nitrogens with one attached hydrogen (secondary N) is 2. The van der Waals surface area contributed by atoms with Crippen molar-refractivity contribution in [3.05, 3.63) is 77.2 Å². The van der Waals surface area contributed by atoms with E-state index in [0.717, 1.165) is 16.8 Å². The van der Waals surface area contributed by atoms with Crippen molar-refractivity contribution in [1.82, 2.24) is 20.5 Å². The third-order valence-electron chi connectivity index (χ3n) is 5.22. The zero-order chi connectivity index (χ0) is 22.9. The van der Waals surface area contributed by atoms with Crippen LogP contribution in [0.3, 0.4) is 0 Å². The molecule has 168 valence electrons. The first-order valence-electron chi connectivity index (χ1n) is 10.9. The van der Waals surface area contributed by atoms with Gasteiger partial charge < -0.3 is 20.0 Å². The molecule has 0 unspecified atom stereocenters. The van der Waals surface area contributed by atoms with E-state index in [0.29, 0.717) is 43.6 Å². The molecule has 7 heteroatoms. The maximum atomic E-state index is 12.4. The summed E-state index contributed by atoms with van der Waals surface area (Å²) in [7, 11) is 1.72. The second-order valence-corrected chi connectivity index (χ2v) is 7.46. The van der Waals surface area contributed by atoms with Crippen LogP contribution in [0.1, 0.15) is 41.0 Å². The highest BCUT2D eigenvalue weighted by molar-refractivity contribution is 5.94. The Bertz CT molecular complexity index is 1030. The van der Waals surface area contributed by atoms with Crippen molar-refractivity contribution in [2.75, 3.05) is 20.1 Å². The van der Waals surface area contributed by atoms with Crippen LogP contribution in [0.5, 0.6) is 0 Å². The van der Waals surface area contributed by atoms with E-state index >= 15 is 0 Å². The summed E-state index contributed by atoms with van der Waals surface area (Å²) in [6.45, 7) is 8.52. The SMILES string of the molecule is CCN(CC)C(=O)c1ccc(CNC(=NC)NCc2coc(-c3ccc(C)cc3)n2)cc1. The predicted octanol–water partition coefficient (Wildman–Crippen LogP) is 4.00. The maximum Gasteiger partial charge on any atom is 0.253 e. The van der Waals surface area contributed by atoms with Crippen LogP contribution >= 0.6 is 0 Å². The van der Waals surface area contributed by atoms with E-state index in [4.69, 9.17) is 4.42 Å². The Hall–Kier alpha value is -3.61. The predicted molar refractivity (Wildman–Crippen MR) is 127 cm³/mol. The van der Waals surface area contributed by atoms with Gasteiger partial charge in [-0.1, -0.05) is 29.8 Å². The number of hydrogen-bond donors (Lipinski definition) is 2. The van der Waals surface area contributed by atoms with Crippen molar-refractivity contribution < 1.29 is 9.21 Å². The third kappa shape index (κ3) is 5.97. The zero-order valence-electron chi connectivity index (χ0n) is 19.2. The first kappa shape index (κ1) is 23.1. The molecule has 0 saturated heterocycles. The summed E-state index contributed by atoms with van der Waals surface area (Å²) in [4.78, 5) is 23.0. The van der Waals surface area contributed by atoms with Crippen molar-refractivity contribution in [1.29, 1.82) is 0 Å². The molecule has 7 nitrogen and oxygen atoms in total. The first-order valence-corrected chi connectivity index (χ1v) is 10.9. The number of oxazole rings is 1. The lowest BCUT2D eigenvalue weighted by atomic mass is 10.1. The van der Waals surface area contributed by atoms with Gasteiger partial charge in [0, 0.05) is 37.8 Å². The number of amides is 1. The second-order valence-electron chi connectivity index (χ2n) is 7.46. The zero-order valence-corrected chi connectivity index (χ0v) is 19.2. The Kier molecular flexibility index (Phi) is 8.02. The Balaban J connectivity index is 1.51. The summed E-state index contributed by atoms with van der Waals surface area (Å²) in [6, 6.07) is 15.7. The van der Waals surface area contributed by atoms with Crippen LogP contribution in [-0.4, -0.2) is 41.9 Å². The summed E-state index contributed by atoms with van der Waals surface area (Å²) in [5.74, 6) is 1.32. The highest BCUT2D eigenvalue weighted by atomic mass is 16.3. The molecule has 0 spiro atoms. The minimum Gasteiger partial charge on any atom is -0.444 e. The van der Waals surface area contributed by atoms with Crippen LogP contribution < -0.4 is 10.6 Å². The highest BCUT2D eigenvalue weighted by Gasteiger charge is 2.12. The first-order chi connectivity index (χ1) is 15.5. The van der Waals surface area contributed by atoms with Crippen LogP contribution in [0.15, 0.2) is 64.2 Å². The number of hydrogen-bond acceptors (Lipinski definition) is 4. The smallest absolute Gasteiger partial charge is 0.253 e. The van der Waals surface area contributed by atoms with Crippen molar-refractivity contribution in [2.24, 2.45) is 4.99 Å². The van der Waals surface area contributed by atoms with Crippen molar-refractivity contribution in [3.63, 3.8) is 0 Å². The molecule has 0 bridgehead atoms. The molecule has 0 aliphatic rings. The molecule has 1 aromatic heterocycles. The largest absolute Gasteiger partial charge is 0.444 e. The topological polar surface area (TPSA) is 82.8 Å². The van der Waals surface area contributed by atoms with Crippen LogP contribution in [0, 0.1) is 6.92 Å². The van der Waals surface area contributed by atoms with Crippen LogP contribution in [0.2, 0.25) is 0 Å². The average Bonchev–Trinajstić information content (AvgIpc) is 3.30. The quantitative estimate of drug-likeness (QED) is 0.414. The van der Waals surface area contributed by atoms with Gasteiger partial charge in [-0.2, -0.15) is 0 Å². The summed E-state index contributed by atoms with van der Waals surface area (Å²) in [5, 5.41) is 6.52. The lowest BCUT2D eigenvalue weighted by Gasteiger charge is -2.18. The standard InChI is InChI=1S/C25H31N5O2/c1-5-30(6-2)24(31)21-13-9-19(10-14-21)15-27-25(26-4)28-16-22-17-32-23(29-22)20-11-7-18(3)8-12-20/h7-14,17H,5-6,15-16H2,1-4H3,(H2,26,27,28). The summed E-state index contributed by atoms with van der Waals surface area (Å²) < 4.78 is 5.61. The molecule has 2 aromatic carbocycles. The van der Waals surface area contributed by atoms with Gasteiger partial charge in [0.25, 0.3) is 5.91 Å². The summed E-state index contributed by atoms with van der Waals surface area (Å²) in [6.07, 6.45) is 1.65. The Morgan fingerprint density at radius 2 is 1.66 bits per heavy atom. The molecule has 1 amide bonds. The third-order valence-corrected chi connectivity index (χ3v) is 5.22. The number of aryl methyl sites for hydroxylation is 1. The highest BCUT2D eigenvalue weighted by Crippen LogP contribution is 2.19. The monoisotopic (exact) mass is 433 g/mol. The molecule has 0 aliphatic heterocycles. The van der Waals surface area contributed by atoms with E-state index < -0.39 is 0 Å². The van der Waals surface area contributed by atoms with E-state index in [9.17, 15) is 4.79 Å². The number of benzene rings is 2. The van der Waals surface area contributed by atoms with Gasteiger partial charge >= 0.3 is 0 Å². The van der Waals surface area contributed by atoms with Crippen LogP contribution in [0.25, 0.3) is 11.5 Å². The molecule has 32 heavy (non-hydrogen) atoms. The molecule has 0 radical (unpaired) electrons. The van der Waals surface area contributed by atoms with Gasteiger partial charge in [0.2, 0.25) is 5.89 Å². The second kappa shape index (κ2) is 11.1. The number of aromatic nitrogens is 1. The van der Waals surface area contributed by atoms with Gasteiger partial charge in [0.1, 0.15) is 6.26 Å². The average molecular weight is 434 g/mol. The molecular weight excluding hydrogens is 402 g/mol. The maximum absolute atomic E-state index is 12.4. The normalized spacial score (nSPS) is 11.3. The van der Waals surface area contributed by atoms with Gasteiger partial charge in [-0.3, -0.25) is 9.79 Å². The van der Waals surface area contributed by atoms with Crippen molar-refractivity contribution in [3.8, 4) is 11.5 Å². The fourth-order valence-corrected chi connectivity index (χ4v) is 3.26.